The second-order valence-corrected chi connectivity index (χ2v) is 10.8. The molecule has 4 nitrogen and oxygen atoms in total. The van der Waals surface area contributed by atoms with Crippen molar-refractivity contribution in [2.24, 2.45) is 17.8 Å². The number of benzene rings is 1. The number of carbonyl (C=O) groups is 4. The van der Waals surface area contributed by atoms with E-state index in [1.54, 1.807) is 0 Å². The first-order chi connectivity index (χ1) is 17.1. The molecule has 1 aromatic carbocycles. The third-order valence-corrected chi connectivity index (χ3v) is 7.26. The maximum absolute atomic E-state index is 13.2. The van der Waals surface area contributed by atoms with E-state index in [-0.39, 0.29) is 47.3 Å². The van der Waals surface area contributed by atoms with Crippen molar-refractivity contribution in [3.63, 3.8) is 0 Å². The Bertz CT molecular complexity index is 882. The molecule has 36 heavy (non-hydrogen) atoms. The Balaban J connectivity index is 0.00000205. The van der Waals surface area contributed by atoms with Gasteiger partial charge in [-0.15, -0.1) is 0 Å². The van der Waals surface area contributed by atoms with E-state index >= 15 is 0 Å². The fourth-order valence-electron chi connectivity index (χ4n) is 5.63. The number of fused-ring (bicyclic) bond motifs is 1. The Hall–Kier alpha value is -2.10. The van der Waals surface area contributed by atoms with Crippen molar-refractivity contribution >= 4 is 23.1 Å². The fourth-order valence-corrected chi connectivity index (χ4v) is 5.63. The van der Waals surface area contributed by atoms with Gasteiger partial charge in [-0.1, -0.05) is 72.4 Å². The van der Waals surface area contributed by atoms with Crippen LogP contribution in [0.25, 0.3) is 0 Å². The van der Waals surface area contributed by atoms with E-state index < -0.39 is 0 Å². The van der Waals surface area contributed by atoms with E-state index in [1.165, 1.54) is 13.3 Å². The van der Waals surface area contributed by atoms with Crippen LogP contribution < -0.4 is 0 Å². The molecule has 3 atom stereocenters. The molecule has 1 aromatic rings. The van der Waals surface area contributed by atoms with Crippen LogP contribution in [0.1, 0.15) is 133 Å². The topological polar surface area (TPSA) is 68.3 Å². The molecule has 0 saturated heterocycles. The molecule has 202 valence electrons. The molecule has 0 aromatic heterocycles. The van der Waals surface area contributed by atoms with E-state index in [0.29, 0.717) is 19.3 Å². The third-order valence-electron chi connectivity index (χ3n) is 7.26. The summed E-state index contributed by atoms with van der Waals surface area (Å²) >= 11 is 0. The fraction of sp³-hybridized carbons (Fsp3) is 0.688. The summed E-state index contributed by atoms with van der Waals surface area (Å²) in [6.45, 7) is 13.9. The predicted octanol–water partition coefficient (Wildman–Crippen LogP) is 7.84. The summed E-state index contributed by atoms with van der Waals surface area (Å²) in [5.74, 6) is 0.710. The van der Waals surface area contributed by atoms with E-state index in [1.807, 2.05) is 26.0 Å². The average Bonchev–Trinajstić information content (AvgIpc) is 2.80. The minimum Gasteiger partial charge on any atom is -0.300 e. The molecular weight excluding hydrogens is 448 g/mol. The second-order valence-electron chi connectivity index (χ2n) is 10.8. The van der Waals surface area contributed by atoms with Gasteiger partial charge < -0.3 is 0 Å². The van der Waals surface area contributed by atoms with Crippen molar-refractivity contribution in [2.45, 2.75) is 126 Å². The molecule has 0 aliphatic heterocycles. The number of hydrogen-bond donors (Lipinski definition) is 0. The Labute approximate surface area is 220 Å². The standard InChI is InChI=1S/C29H42O4.C3H8/c1-6-9-11-25(31)18-22-12-13-24-16-21(17-28(33)29(24)20(22)5)15-23(10-7-2)26(8-3)27(32)14-19(4)30;1-3-2/h12-13,21,23,26H,6-11,14-18H2,1-5H3;3H2,1-2H3. The lowest BCUT2D eigenvalue weighted by atomic mass is 9.72. The van der Waals surface area contributed by atoms with Gasteiger partial charge in [0.05, 0.1) is 6.42 Å². The van der Waals surface area contributed by atoms with Crippen molar-refractivity contribution in [3.05, 3.63) is 34.4 Å². The lowest BCUT2D eigenvalue weighted by molar-refractivity contribution is -0.130. The Morgan fingerprint density at radius 2 is 1.67 bits per heavy atom. The smallest absolute Gasteiger partial charge is 0.163 e. The van der Waals surface area contributed by atoms with Gasteiger partial charge in [0.25, 0.3) is 0 Å². The highest BCUT2D eigenvalue weighted by molar-refractivity contribution is 6.01. The van der Waals surface area contributed by atoms with E-state index in [2.05, 4.69) is 27.7 Å². The highest BCUT2D eigenvalue weighted by Gasteiger charge is 2.33. The first-order valence-electron chi connectivity index (χ1n) is 14.3. The van der Waals surface area contributed by atoms with Gasteiger partial charge in [0.1, 0.15) is 17.3 Å². The van der Waals surface area contributed by atoms with Crippen molar-refractivity contribution in [3.8, 4) is 0 Å². The van der Waals surface area contributed by atoms with Crippen LogP contribution in [0, 0.1) is 24.7 Å². The third kappa shape index (κ3) is 9.75. The van der Waals surface area contributed by atoms with E-state index in [4.69, 9.17) is 0 Å². The minimum absolute atomic E-state index is 0.0180. The van der Waals surface area contributed by atoms with Crippen molar-refractivity contribution in [1.29, 1.82) is 0 Å². The van der Waals surface area contributed by atoms with Gasteiger partial charge in [-0.05, 0) is 68.1 Å². The number of carbonyl (C=O) groups excluding carboxylic acids is 4. The largest absolute Gasteiger partial charge is 0.300 e. The molecule has 2 rings (SSSR count). The van der Waals surface area contributed by atoms with Crippen LogP contribution in [-0.2, 0) is 27.2 Å². The van der Waals surface area contributed by atoms with Crippen molar-refractivity contribution in [1.82, 2.24) is 0 Å². The molecule has 0 amide bonds. The van der Waals surface area contributed by atoms with Crippen LogP contribution in [0.5, 0.6) is 0 Å². The Morgan fingerprint density at radius 1 is 1.00 bits per heavy atom. The summed E-state index contributed by atoms with van der Waals surface area (Å²) < 4.78 is 0. The summed E-state index contributed by atoms with van der Waals surface area (Å²) in [6.07, 6.45) is 9.04. The molecule has 0 spiro atoms. The van der Waals surface area contributed by atoms with Gasteiger partial charge in [0.2, 0.25) is 0 Å². The van der Waals surface area contributed by atoms with Gasteiger partial charge >= 0.3 is 0 Å². The molecule has 0 bridgehead atoms. The predicted molar refractivity (Wildman–Crippen MR) is 149 cm³/mol. The molecular formula is C32H50O4. The first kappa shape index (κ1) is 31.9. The van der Waals surface area contributed by atoms with Crippen molar-refractivity contribution < 1.29 is 19.2 Å². The van der Waals surface area contributed by atoms with Gasteiger partial charge in [-0.3, -0.25) is 19.2 Å². The van der Waals surface area contributed by atoms with E-state index in [9.17, 15) is 19.2 Å². The van der Waals surface area contributed by atoms with Crippen LogP contribution in [0.4, 0.5) is 0 Å². The summed E-state index contributed by atoms with van der Waals surface area (Å²) in [4.78, 5) is 49.7. The lowest BCUT2D eigenvalue weighted by Crippen LogP contribution is -2.30. The quantitative estimate of drug-likeness (QED) is 0.245. The average molecular weight is 499 g/mol. The molecule has 0 radical (unpaired) electrons. The maximum atomic E-state index is 13.2. The molecule has 0 heterocycles. The SMILES string of the molecule is CCC.CCCCC(=O)Cc1ccc2c(c1C)C(=O)CC(CC(CCC)C(CC)C(=O)CC(C)=O)C2. The Kier molecular flexibility index (Phi) is 14.7. The number of rotatable bonds is 14. The summed E-state index contributed by atoms with van der Waals surface area (Å²) in [7, 11) is 0. The monoisotopic (exact) mass is 498 g/mol. The lowest BCUT2D eigenvalue weighted by Gasteiger charge is -2.32. The zero-order chi connectivity index (χ0) is 27.3. The zero-order valence-corrected chi connectivity index (χ0v) is 24.0. The highest BCUT2D eigenvalue weighted by Crippen LogP contribution is 2.37. The number of ketones is 4. The molecule has 3 unspecified atom stereocenters. The molecule has 4 heteroatoms. The first-order valence-corrected chi connectivity index (χ1v) is 14.3. The number of Topliss-reactive ketones (excluding diaryl/α,β-unsaturated/α-hetero) is 4. The minimum atomic E-state index is -0.108. The van der Waals surface area contributed by atoms with Gasteiger partial charge in [-0.25, -0.2) is 0 Å². The maximum Gasteiger partial charge on any atom is 0.163 e. The summed E-state index contributed by atoms with van der Waals surface area (Å²) in [5.41, 5.74) is 3.84. The summed E-state index contributed by atoms with van der Waals surface area (Å²) in [6, 6.07) is 4.07. The van der Waals surface area contributed by atoms with Crippen LogP contribution in [0.2, 0.25) is 0 Å². The van der Waals surface area contributed by atoms with Crippen LogP contribution in [0.3, 0.4) is 0 Å². The normalized spacial score (nSPS) is 16.4. The number of hydrogen-bond acceptors (Lipinski definition) is 4. The summed E-state index contributed by atoms with van der Waals surface area (Å²) in [5, 5.41) is 0. The zero-order valence-electron chi connectivity index (χ0n) is 24.0. The molecule has 1 aliphatic carbocycles. The van der Waals surface area contributed by atoms with Crippen LogP contribution in [-0.4, -0.2) is 23.1 Å². The van der Waals surface area contributed by atoms with Gasteiger partial charge in [0, 0.05) is 30.7 Å². The Morgan fingerprint density at radius 3 is 2.22 bits per heavy atom. The van der Waals surface area contributed by atoms with E-state index in [0.717, 1.165) is 67.2 Å². The van der Waals surface area contributed by atoms with Crippen LogP contribution in [0.15, 0.2) is 12.1 Å². The molecule has 0 saturated carbocycles. The molecule has 0 N–H and O–H groups in total. The molecule has 0 fully saturated rings. The van der Waals surface area contributed by atoms with Gasteiger partial charge in [-0.2, -0.15) is 0 Å². The molecule has 1 aliphatic rings. The van der Waals surface area contributed by atoms with Gasteiger partial charge in [0.15, 0.2) is 5.78 Å². The van der Waals surface area contributed by atoms with Crippen LogP contribution >= 0.6 is 0 Å². The number of unbranched alkanes of at least 4 members (excludes halogenated alkanes) is 1. The second kappa shape index (κ2) is 16.6. The van der Waals surface area contributed by atoms with Crippen molar-refractivity contribution in [2.75, 3.05) is 0 Å². The highest BCUT2D eigenvalue weighted by atomic mass is 16.1.